The van der Waals surface area contributed by atoms with Crippen molar-refractivity contribution < 1.29 is 14.4 Å². The van der Waals surface area contributed by atoms with Gasteiger partial charge in [0.2, 0.25) is 5.91 Å². The third kappa shape index (κ3) is 3.45. The fourth-order valence-electron chi connectivity index (χ4n) is 3.85. The summed E-state index contributed by atoms with van der Waals surface area (Å²) in [6, 6.07) is 9.36. The second kappa shape index (κ2) is 7.37. The second-order valence-corrected chi connectivity index (χ2v) is 7.90. The van der Waals surface area contributed by atoms with E-state index < -0.39 is 23.9 Å². The highest BCUT2D eigenvalue weighted by Gasteiger charge is 2.55. The Bertz CT molecular complexity index is 1070. The molecule has 2 heterocycles. The molecule has 8 nitrogen and oxygen atoms in total. The largest absolute Gasteiger partial charge is 0.324 e. The minimum absolute atomic E-state index is 0.169. The Morgan fingerprint density at radius 3 is 2.33 bits per heavy atom. The molecular weight excluding hydrogens is 382 g/mol. The van der Waals surface area contributed by atoms with Gasteiger partial charge in [-0.2, -0.15) is 5.11 Å². The number of benzene rings is 2. The monoisotopic (exact) mass is 405 g/mol. The molecule has 0 spiro atoms. The van der Waals surface area contributed by atoms with Gasteiger partial charge in [0, 0.05) is 5.69 Å². The minimum atomic E-state index is -0.923. The van der Waals surface area contributed by atoms with Crippen molar-refractivity contribution in [2.75, 3.05) is 16.8 Å². The van der Waals surface area contributed by atoms with Crippen LogP contribution in [-0.4, -0.2) is 41.4 Å². The number of anilines is 2. The van der Waals surface area contributed by atoms with E-state index in [-0.39, 0.29) is 12.5 Å². The van der Waals surface area contributed by atoms with Crippen LogP contribution >= 0.6 is 0 Å². The van der Waals surface area contributed by atoms with Crippen molar-refractivity contribution in [2.45, 2.75) is 39.8 Å². The fourth-order valence-corrected chi connectivity index (χ4v) is 3.85. The second-order valence-electron chi connectivity index (χ2n) is 7.90. The van der Waals surface area contributed by atoms with E-state index in [1.807, 2.05) is 52.0 Å². The van der Waals surface area contributed by atoms with Crippen LogP contribution in [0.2, 0.25) is 0 Å². The molecule has 4 rings (SSSR count). The zero-order valence-corrected chi connectivity index (χ0v) is 17.3. The number of carbonyl (C=O) groups excluding carboxylic acids is 3. The predicted octanol–water partition coefficient (Wildman–Crippen LogP) is 2.85. The molecule has 154 valence electrons. The van der Waals surface area contributed by atoms with Gasteiger partial charge in [-0.05, 0) is 74.2 Å². The van der Waals surface area contributed by atoms with Crippen LogP contribution < -0.4 is 10.2 Å². The molecule has 30 heavy (non-hydrogen) atoms. The number of hydrogen-bond donors (Lipinski definition) is 1. The molecule has 0 aromatic heterocycles. The predicted molar refractivity (Wildman–Crippen MR) is 112 cm³/mol. The van der Waals surface area contributed by atoms with E-state index in [4.69, 9.17) is 0 Å². The van der Waals surface area contributed by atoms with Gasteiger partial charge in [0.05, 0.1) is 5.69 Å². The van der Waals surface area contributed by atoms with Crippen LogP contribution in [0.1, 0.15) is 22.3 Å². The van der Waals surface area contributed by atoms with Gasteiger partial charge in [-0.3, -0.25) is 19.4 Å². The zero-order valence-electron chi connectivity index (χ0n) is 17.3. The van der Waals surface area contributed by atoms with E-state index in [0.29, 0.717) is 11.4 Å². The van der Waals surface area contributed by atoms with Gasteiger partial charge in [-0.1, -0.05) is 17.4 Å². The highest BCUT2D eigenvalue weighted by molar-refractivity contribution is 6.25. The standard InChI is InChI=1S/C22H23N5O3/c1-12-7-13(2)9-17(8-12)27-21(29)19-20(22(27)30)26(25-24-19)11-18(28)23-16-6-5-14(3)15(4)10-16/h5-10,19-20H,11H2,1-4H3,(H,23,28)/t19-,20-/m0/s1. The Kier molecular flexibility index (Phi) is 4.85. The molecule has 8 heteroatoms. The first kappa shape index (κ1) is 19.8. The molecule has 2 aliphatic rings. The van der Waals surface area contributed by atoms with Crippen molar-refractivity contribution in [3.05, 3.63) is 58.7 Å². The van der Waals surface area contributed by atoms with E-state index in [9.17, 15) is 14.4 Å². The Hall–Kier alpha value is -3.55. The summed E-state index contributed by atoms with van der Waals surface area (Å²) in [6.07, 6.45) is 0. The maximum atomic E-state index is 13.1. The first-order valence-corrected chi connectivity index (χ1v) is 9.75. The average Bonchev–Trinajstić information content (AvgIpc) is 3.17. The third-order valence-corrected chi connectivity index (χ3v) is 5.42. The minimum Gasteiger partial charge on any atom is -0.324 e. The summed E-state index contributed by atoms with van der Waals surface area (Å²) in [5, 5.41) is 12.0. The number of nitrogens with zero attached hydrogens (tertiary/aromatic N) is 4. The molecule has 3 amide bonds. The topological polar surface area (TPSA) is 94.4 Å². The summed E-state index contributed by atoms with van der Waals surface area (Å²) >= 11 is 0. The maximum absolute atomic E-state index is 13.1. The lowest BCUT2D eigenvalue weighted by Crippen LogP contribution is -2.43. The molecule has 0 aliphatic carbocycles. The fraction of sp³-hybridized carbons (Fsp3) is 0.318. The van der Waals surface area contributed by atoms with Gasteiger partial charge in [0.1, 0.15) is 6.54 Å². The molecule has 2 aliphatic heterocycles. The summed E-state index contributed by atoms with van der Waals surface area (Å²) in [5.41, 5.74) is 5.29. The van der Waals surface area contributed by atoms with Crippen LogP contribution in [0.3, 0.4) is 0 Å². The van der Waals surface area contributed by atoms with E-state index >= 15 is 0 Å². The van der Waals surface area contributed by atoms with Crippen molar-refractivity contribution in [3.63, 3.8) is 0 Å². The molecule has 0 saturated carbocycles. The number of nitrogens with one attached hydrogen (secondary N) is 1. The van der Waals surface area contributed by atoms with Gasteiger partial charge in [-0.15, -0.1) is 0 Å². The van der Waals surface area contributed by atoms with Crippen molar-refractivity contribution in [2.24, 2.45) is 10.3 Å². The van der Waals surface area contributed by atoms with E-state index in [0.717, 1.165) is 27.2 Å². The van der Waals surface area contributed by atoms with Gasteiger partial charge in [0.15, 0.2) is 12.1 Å². The SMILES string of the molecule is Cc1cc(C)cc(N2C(=O)[C@H]3N=NN(CC(=O)Nc4ccc(C)c(C)c4)[C@@H]3C2=O)c1. The Labute approximate surface area is 174 Å². The number of amides is 3. The maximum Gasteiger partial charge on any atom is 0.263 e. The number of hydrogen-bond acceptors (Lipinski definition) is 6. The van der Waals surface area contributed by atoms with E-state index in [1.54, 1.807) is 12.1 Å². The molecule has 0 bridgehead atoms. The van der Waals surface area contributed by atoms with Crippen molar-refractivity contribution >= 4 is 29.1 Å². The van der Waals surface area contributed by atoms with Gasteiger partial charge in [-0.25, -0.2) is 4.90 Å². The normalized spacial score (nSPS) is 20.1. The van der Waals surface area contributed by atoms with Crippen LogP contribution in [0.15, 0.2) is 46.7 Å². The summed E-state index contributed by atoms with van der Waals surface area (Å²) in [4.78, 5) is 39.6. The number of fused-ring (bicyclic) bond motifs is 1. The molecule has 1 N–H and O–H groups in total. The lowest BCUT2D eigenvalue weighted by molar-refractivity contribution is -0.123. The van der Waals surface area contributed by atoms with Gasteiger partial charge < -0.3 is 5.32 Å². The average molecular weight is 405 g/mol. The molecule has 2 aromatic carbocycles. The van der Waals surface area contributed by atoms with Crippen molar-refractivity contribution in [1.82, 2.24) is 5.01 Å². The molecule has 0 radical (unpaired) electrons. The highest BCUT2D eigenvalue weighted by atomic mass is 16.2. The van der Waals surface area contributed by atoms with Crippen molar-refractivity contribution in [1.29, 1.82) is 0 Å². The summed E-state index contributed by atoms with van der Waals surface area (Å²) in [7, 11) is 0. The van der Waals surface area contributed by atoms with Crippen LogP contribution in [0.25, 0.3) is 0 Å². The molecular formula is C22H23N5O3. The third-order valence-electron chi connectivity index (χ3n) is 5.42. The first-order chi connectivity index (χ1) is 14.2. The van der Waals surface area contributed by atoms with E-state index in [1.165, 1.54) is 5.01 Å². The Morgan fingerprint density at radius 2 is 1.67 bits per heavy atom. The number of rotatable bonds is 4. The molecule has 1 fully saturated rings. The zero-order chi connectivity index (χ0) is 21.6. The lowest BCUT2D eigenvalue weighted by Gasteiger charge is -2.20. The van der Waals surface area contributed by atoms with Crippen LogP contribution in [0, 0.1) is 27.7 Å². The molecule has 2 atom stereocenters. The lowest BCUT2D eigenvalue weighted by atomic mass is 10.1. The van der Waals surface area contributed by atoms with Crippen LogP contribution in [-0.2, 0) is 14.4 Å². The van der Waals surface area contributed by atoms with Crippen molar-refractivity contribution in [3.8, 4) is 0 Å². The van der Waals surface area contributed by atoms with Crippen LogP contribution in [0.4, 0.5) is 11.4 Å². The van der Waals surface area contributed by atoms with E-state index in [2.05, 4.69) is 15.7 Å². The smallest absolute Gasteiger partial charge is 0.263 e. The highest BCUT2D eigenvalue weighted by Crippen LogP contribution is 2.32. The number of aryl methyl sites for hydroxylation is 4. The molecule has 1 saturated heterocycles. The molecule has 2 aromatic rings. The molecule has 0 unspecified atom stereocenters. The van der Waals surface area contributed by atoms with Gasteiger partial charge in [0.25, 0.3) is 11.8 Å². The summed E-state index contributed by atoms with van der Waals surface area (Å²) in [5.74, 6) is -1.17. The number of imide groups is 1. The first-order valence-electron chi connectivity index (χ1n) is 9.75. The Morgan fingerprint density at radius 1 is 0.967 bits per heavy atom. The summed E-state index contributed by atoms with van der Waals surface area (Å²) in [6.45, 7) is 7.61. The Balaban J connectivity index is 1.50. The summed E-state index contributed by atoms with van der Waals surface area (Å²) < 4.78 is 0. The van der Waals surface area contributed by atoms with Gasteiger partial charge >= 0.3 is 0 Å². The van der Waals surface area contributed by atoms with Crippen LogP contribution in [0.5, 0.6) is 0 Å². The quantitative estimate of drug-likeness (QED) is 0.792. The number of carbonyl (C=O) groups is 3.